The van der Waals surface area contributed by atoms with Gasteiger partial charge in [-0.05, 0) is 18.9 Å². The minimum Gasteiger partial charge on any atom is -0.465 e. The Bertz CT molecular complexity index is 480. The number of halogens is 1. The second-order valence-electron chi connectivity index (χ2n) is 3.96. The lowest BCUT2D eigenvalue weighted by Gasteiger charge is -2.32. The van der Waals surface area contributed by atoms with Crippen LogP contribution in [0.3, 0.4) is 0 Å². The maximum absolute atomic E-state index is 12.1. The molecule has 2 rings (SSSR count). The molecule has 6 nitrogen and oxygen atoms in total. The van der Waals surface area contributed by atoms with Crippen molar-refractivity contribution < 1.29 is 14.7 Å². The summed E-state index contributed by atoms with van der Waals surface area (Å²) in [6.07, 6.45) is 3.05. The highest BCUT2D eigenvalue weighted by atomic mass is 35.5. The molecule has 0 aliphatic carbocycles. The van der Waals surface area contributed by atoms with Gasteiger partial charge in [0.25, 0.3) is 0 Å². The van der Waals surface area contributed by atoms with E-state index in [1.165, 1.54) is 17.3 Å². The number of aromatic nitrogens is 1. The molecule has 18 heavy (non-hydrogen) atoms. The third kappa shape index (κ3) is 2.53. The molecule has 2 N–H and O–H groups in total. The normalized spacial score (nSPS) is 19.7. The smallest absolute Gasteiger partial charge is 0.405 e. The van der Waals surface area contributed by atoms with Gasteiger partial charge in [-0.25, -0.2) is 4.79 Å². The van der Waals surface area contributed by atoms with Crippen LogP contribution in [0.1, 0.15) is 12.8 Å². The molecular weight excluding hydrogens is 258 g/mol. The molecule has 1 aromatic heterocycles. The predicted molar refractivity (Wildman–Crippen MR) is 65.8 cm³/mol. The number of anilines is 1. The Morgan fingerprint density at radius 2 is 2.39 bits per heavy atom. The minimum absolute atomic E-state index is 0.293. The molecule has 96 valence electrons. The summed E-state index contributed by atoms with van der Waals surface area (Å²) in [5.74, 6) is -0.293. The molecule has 1 aliphatic heterocycles. The van der Waals surface area contributed by atoms with Gasteiger partial charge in [-0.3, -0.25) is 9.78 Å². The van der Waals surface area contributed by atoms with Crippen LogP contribution in [0.15, 0.2) is 18.5 Å². The first-order valence-corrected chi connectivity index (χ1v) is 5.87. The quantitative estimate of drug-likeness (QED) is 0.852. The molecule has 1 fully saturated rings. The van der Waals surface area contributed by atoms with E-state index in [9.17, 15) is 9.59 Å². The number of rotatable bonds is 2. The van der Waals surface area contributed by atoms with E-state index in [0.29, 0.717) is 30.1 Å². The van der Waals surface area contributed by atoms with Crippen LogP contribution in [-0.2, 0) is 4.79 Å². The van der Waals surface area contributed by atoms with E-state index in [4.69, 9.17) is 16.7 Å². The van der Waals surface area contributed by atoms with Gasteiger partial charge >= 0.3 is 6.09 Å². The Morgan fingerprint density at radius 3 is 3.06 bits per heavy atom. The van der Waals surface area contributed by atoms with E-state index in [-0.39, 0.29) is 5.91 Å². The number of nitrogens with zero attached hydrogens (tertiary/aromatic N) is 2. The van der Waals surface area contributed by atoms with Gasteiger partial charge in [0.1, 0.15) is 6.04 Å². The molecule has 1 aliphatic rings. The zero-order chi connectivity index (χ0) is 13.1. The van der Waals surface area contributed by atoms with Crippen molar-refractivity contribution in [1.82, 2.24) is 10.3 Å². The fourth-order valence-electron chi connectivity index (χ4n) is 1.97. The van der Waals surface area contributed by atoms with Gasteiger partial charge < -0.3 is 15.3 Å². The molecule has 0 saturated carbocycles. The lowest BCUT2D eigenvalue weighted by Crippen LogP contribution is -2.52. The zero-order valence-corrected chi connectivity index (χ0v) is 10.2. The highest BCUT2D eigenvalue weighted by molar-refractivity contribution is 6.33. The van der Waals surface area contributed by atoms with Crippen molar-refractivity contribution >= 4 is 29.3 Å². The number of hydrogen-bond acceptors (Lipinski definition) is 3. The molecule has 0 aromatic carbocycles. The Kier molecular flexibility index (Phi) is 3.66. The van der Waals surface area contributed by atoms with Crippen LogP contribution in [0.25, 0.3) is 0 Å². The molecule has 7 heteroatoms. The second-order valence-corrected chi connectivity index (χ2v) is 4.37. The molecule has 1 saturated heterocycles. The summed E-state index contributed by atoms with van der Waals surface area (Å²) in [6.45, 7) is 0.516. The van der Waals surface area contributed by atoms with Gasteiger partial charge in [-0.2, -0.15) is 0 Å². The van der Waals surface area contributed by atoms with Crippen molar-refractivity contribution in [3.8, 4) is 0 Å². The number of piperidine rings is 1. The van der Waals surface area contributed by atoms with Crippen molar-refractivity contribution in [3.63, 3.8) is 0 Å². The number of nitrogens with one attached hydrogen (secondary N) is 1. The highest BCUT2D eigenvalue weighted by Gasteiger charge is 2.31. The Balaban J connectivity index is 2.21. The second kappa shape index (κ2) is 5.22. The van der Waals surface area contributed by atoms with Gasteiger partial charge in [0.05, 0.1) is 16.9 Å². The first-order chi connectivity index (χ1) is 8.59. The van der Waals surface area contributed by atoms with Crippen LogP contribution < -0.4 is 10.2 Å². The summed E-state index contributed by atoms with van der Waals surface area (Å²) in [7, 11) is 0. The molecule has 2 heterocycles. The van der Waals surface area contributed by atoms with Crippen LogP contribution >= 0.6 is 11.6 Å². The van der Waals surface area contributed by atoms with Gasteiger partial charge in [-0.1, -0.05) is 11.6 Å². The first-order valence-electron chi connectivity index (χ1n) is 5.50. The number of carbonyl (C=O) groups excluding carboxylic acids is 1. The monoisotopic (exact) mass is 269 g/mol. The van der Waals surface area contributed by atoms with Gasteiger partial charge in [0, 0.05) is 12.7 Å². The van der Waals surface area contributed by atoms with Crippen molar-refractivity contribution in [1.29, 1.82) is 0 Å². The van der Waals surface area contributed by atoms with Crippen molar-refractivity contribution in [2.45, 2.75) is 18.9 Å². The Hall–Kier alpha value is -1.82. The third-order valence-electron chi connectivity index (χ3n) is 2.78. The highest BCUT2D eigenvalue weighted by Crippen LogP contribution is 2.27. The maximum Gasteiger partial charge on any atom is 0.405 e. The number of carbonyl (C=O) groups is 2. The van der Waals surface area contributed by atoms with Crippen molar-refractivity contribution in [2.75, 3.05) is 11.4 Å². The summed E-state index contributed by atoms with van der Waals surface area (Å²) in [5, 5.41) is 11.3. The largest absolute Gasteiger partial charge is 0.465 e. The van der Waals surface area contributed by atoms with Crippen LogP contribution in [-0.4, -0.2) is 34.7 Å². The van der Waals surface area contributed by atoms with Crippen molar-refractivity contribution in [3.05, 3.63) is 23.5 Å². The zero-order valence-electron chi connectivity index (χ0n) is 9.47. The van der Waals surface area contributed by atoms with Gasteiger partial charge in [-0.15, -0.1) is 0 Å². The molecule has 2 amide bonds. The topological polar surface area (TPSA) is 82.5 Å². The van der Waals surface area contributed by atoms with E-state index < -0.39 is 12.1 Å². The fourth-order valence-corrected chi connectivity index (χ4v) is 2.17. The number of carboxylic acid groups (broad SMARTS) is 1. The fraction of sp³-hybridized carbons (Fsp3) is 0.364. The molecule has 0 spiro atoms. The molecule has 0 radical (unpaired) electrons. The van der Waals surface area contributed by atoms with Gasteiger partial charge in [0.15, 0.2) is 0 Å². The van der Waals surface area contributed by atoms with Crippen LogP contribution in [0.4, 0.5) is 10.5 Å². The third-order valence-corrected chi connectivity index (χ3v) is 3.10. The van der Waals surface area contributed by atoms with Crippen molar-refractivity contribution in [2.24, 2.45) is 0 Å². The SMILES string of the molecule is O=C(O)NC1CCCN(c2cnccc2Cl)C1=O. The summed E-state index contributed by atoms with van der Waals surface area (Å²) >= 11 is 6.01. The van der Waals surface area contributed by atoms with E-state index in [2.05, 4.69) is 10.3 Å². The molecular formula is C11H12ClN3O3. The summed E-state index contributed by atoms with van der Waals surface area (Å²) < 4.78 is 0. The predicted octanol–water partition coefficient (Wildman–Crippen LogP) is 1.50. The van der Waals surface area contributed by atoms with Crippen LogP contribution in [0, 0.1) is 0 Å². The number of hydrogen-bond donors (Lipinski definition) is 2. The molecule has 0 bridgehead atoms. The summed E-state index contributed by atoms with van der Waals surface area (Å²) in [5.41, 5.74) is 0.515. The minimum atomic E-state index is -1.20. The van der Waals surface area contributed by atoms with Gasteiger partial charge in [0.2, 0.25) is 5.91 Å². The maximum atomic E-state index is 12.1. The number of amides is 2. The molecule has 1 aromatic rings. The molecule has 1 unspecified atom stereocenters. The summed E-state index contributed by atoms with van der Waals surface area (Å²) in [4.78, 5) is 28.1. The Morgan fingerprint density at radius 1 is 1.61 bits per heavy atom. The standard InChI is InChI=1S/C11H12ClN3O3/c12-7-3-4-13-6-9(7)15-5-1-2-8(10(15)16)14-11(17)18/h3-4,6,8,14H,1-2,5H2,(H,17,18). The van der Waals surface area contributed by atoms with E-state index in [0.717, 1.165) is 0 Å². The lowest BCUT2D eigenvalue weighted by molar-refractivity contribution is -0.121. The Labute approximate surface area is 109 Å². The lowest BCUT2D eigenvalue weighted by atomic mass is 10.0. The van der Waals surface area contributed by atoms with E-state index in [1.54, 1.807) is 6.07 Å². The first kappa shape index (κ1) is 12.6. The average Bonchev–Trinajstić information content (AvgIpc) is 2.32. The number of pyridine rings is 1. The van der Waals surface area contributed by atoms with E-state index in [1.807, 2.05) is 0 Å². The average molecular weight is 270 g/mol. The van der Waals surface area contributed by atoms with E-state index >= 15 is 0 Å². The van der Waals surface area contributed by atoms with Crippen LogP contribution in [0.5, 0.6) is 0 Å². The van der Waals surface area contributed by atoms with Crippen LogP contribution in [0.2, 0.25) is 5.02 Å². The molecule has 1 atom stereocenters. The summed E-state index contributed by atoms with van der Waals surface area (Å²) in [6, 6.07) is 0.880.